The summed E-state index contributed by atoms with van der Waals surface area (Å²) >= 11 is 0. The van der Waals surface area contributed by atoms with Crippen LogP contribution < -0.4 is 4.74 Å². The van der Waals surface area contributed by atoms with Crippen LogP contribution in [-0.2, 0) is 11.2 Å². The van der Waals surface area contributed by atoms with Crippen LogP contribution in [0.2, 0.25) is 0 Å². The predicted molar refractivity (Wildman–Crippen MR) is 127 cm³/mol. The van der Waals surface area contributed by atoms with E-state index in [0.29, 0.717) is 11.4 Å². The molecule has 0 saturated carbocycles. The number of hydrogen-bond acceptors (Lipinski definition) is 6. The van der Waals surface area contributed by atoms with Crippen LogP contribution in [-0.4, -0.2) is 57.7 Å². The maximum atomic E-state index is 13.6. The van der Waals surface area contributed by atoms with Gasteiger partial charge in [0.25, 0.3) is 0 Å². The van der Waals surface area contributed by atoms with Crippen molar-refractivity contribution in [2.24, 2.45) is 0 Å². The predicted octanol–water partition coefficient (Wildman–Crippen LogP) is 4.73. The molecule has 34 heavy (non-hydrogen) atoms. The number of para-hydroxylation sites is 1. The number of hydrogen-bond donors (Lipinski definition) is 1. The molecular formula is C26H26FN5O2. The molecular weight excluding hydrogens is 433 g/mol. The van der Waals surface area contributed by atoms with Gasteiger partial charge in [-0.15, -0.1) is 0 Å². The lowest BCUT2D eigenvalue weighted by atomic mass is 10.1. The van der Waals surface area contributed by atoms with E-state index in [9.17, 15) is 4.39 Å². The molecule has 0 radical (unpaired) electrons. The molecule has 1 aliphatic heterocycles. The van der Waals surface area contributed by atoms with E-state index in [4.69, 9.17) is 14.5 Å². The van der Waals surface area contributed by atoms with Gasteiger partial charge in [-0.2, -0.15) is 4.98 Å². The summed E-state index contributed by atoms with van der Waals surface area (Å²) in [5, 5.41) is 0. The van der Waals surface area contributed by atoms with Gasteiger partial charge in [0, 0.05) is 31.3 Å². The third-order valence-corrected chi connectivity index (χ3v) is 5.70. The van der Waals surface area contributed by atoms with Gasteiger partial charge in [-0.25, -0.2) is 14.4 Å². The van der Waals surface area contributed by atoms with Gasteiger partial charge in [0.15, 0.2) is 0 Å². The topological polar surface area (TPSA) is 76.2 Å². The number of aromatic nitrogens is 4. The van der Waals surface area contributed by atoms with E-state index in [2.05, 4.69) is 19.9 Å². The fraction of sp³-hybridized carbons (Fsp3) is 0.269. The average Bonchev–Trinajstić information content (AvgIpc) is 3.30. The van der Waals surface area contributed by atoms with Crippen LogP contribution in [0.15, 0.2) is 66.9 Å². The lowest BCUT2D eigenvalue weighted by Gasteiger charge is -2.26. The lowest BCUT2D eigenvalue weighted by Crippen LogP contribution is -2.36. The van der Waals surface area contributed by atoms with Gasteiger partial charge >= 0.3 is 6.01 Å². The number of ether oxygens (including phenoxy) is 2. The van der Waals surface area contributed by atoms with Gasteiger partial charge in [0.1, 0.15) is 17.4 Å². The van der Waals surface area contributed by atoms with Crippen molar-refractivity contribution in [2.75, 3.05) is 32.8 Å². The maximum absolute atomic E-state index is 13.6. The smallest absolute Gasteiger partial charge is 0.322 e. The molecule has 3 heterocycles. The highest BCUT2D eigenvalue weighted by atomic mass is 19.1. The molecule has 5 rings (SSSR count). The summed E-state index contributed by atoms with van der Waals surface area (Å²) in [5.41, 5.74) is 2.96. The highest BCUT2D eigenvalue weighted by Gasteiger charge is 2.17. The van der Waals surface area contributed by atoms with Crippen LogP contribution in [0.3, 0.4) is 0 Å². The second-order valence-corrected chi connectivity index (χ2v) is 8.11. The molecule has 7 nitrogen and oxygen atoms in total. The number of benzene rings is 2. The minimum absolute atomic E-state index is 0.247. The summed E-state index contributed by atoms with van der Waals surface area (Å²) in [5.74, 6) is 1.24. The molecule has 0 atom stereocenters. The number of morpholine rings is 1. The number of nitrogens with zero attached hydrogens (tertiary/aromatic N) is 4. The summed E-state index contributed by atoms with van der Waals surface area (Å²) in [6.45, 7) is 4.51. The lowest BCUT2D eigenvalue weighted by molar-refractivity contribution is 0.0374. The molecule has 174 valence electrons. The van der Waals surface area contributed by atoms with E-state index >= 15 is 0 Å². The summed E-state index contributed by atoms with van der Waals surface area (Å²) in [7, 11) is 0. The van der Waals surface area contributed by atoms with Crippen LogP contribution in [0, 0.1) is 5.82 Å². The van der Waals surface area contributed by atoms with E-state index < -0.39 is 0 Å². The number of imidazole rings is 1. The zero-order valence-corrected chi connectivity index (χ0v) is 18.8. The number of halogens is 1. The van der Waals surface area contributed by atoms with Crippen LogP contribution in [0.5, 0.6) is 11.8 Å². The fourth-order valence-electron chi connectivity index (χ4n) is 3.96. The van der Waals surface area contributed by atoms with E-state index in [-0.39, 0.29) is 11.8 Å². The Hall–Kier alpha value is -3.62. The normalized spacial score (nSPS) is 14.3. The van der Waals surface area contributed by atoms with Crippen molar-refractivity contribution in [3.05, 3.63) is 78.5 Å². The van der Waals surface area contributed by atoms with E-state index in [1.54, 1.807) is 18.3 Å². The highest BCUT2D eigenvalue weighted by Crippen LogP contribution is 2.30. The standard InChI is InChI=1S/C26H26FN5O2/c27-20-10-8-19(9-11-20)24-25(31-23(30-24)7-4-14-32-15-17-33-18-16-32)22-12-13-28-26(29-22)34-21-5-2-1-3-6-21/h1-3,5-6,8-13H,4,7,14-18H2,(H,30,31). The Bertz CT molecular complexity index is 1210. The van der Waals surface area contributed by atoms with E-state index in [1.807, 2.05) is 36.4 Å². The molecule has 0 aliphatic carbocycles. The van der Waals surface area contributed by atoms with Gasteiger partial charge in [-0.3, -0.25) is 4.90 Å². The molecule has 1 aliphatic rings. The first-order valence-corrected chi connectivity index (χ1v) is 11.5. The molecule has 0 amide bonds. The second-order valence-electron chi connectivity index (χ2n) is 8.11. The Labute approximate surface area is 197 Å². The molecule has 2 aromatic heterocycles. The minimum atomic E-state index is -0.285. The Balaban J connectivity index is 1.40. The van der Waals surface area contributed by atoms with E-state index in [1.165, 1.54) is 12.1 Å². The quantitative estimate of drug-likeness (QED) is 0.411. The van der Waals surface area contributed by atoms with Crippen molar-refractivity contribution in [3.63, 3.8) is 0 Å². The molecule has 1 saturated heterocycles. The maximum Gasteiger partial charge on any atom is 0.322 e. The van der Waals surface area contributed by atoms with Crippen LogP contribution >= 0.6 is 0 Å². The highest BCUT2D eigenvalue weighted by molar-refractivity contribution is 5.76. The second kappa shape index (κ2) is 10.5. The van der Waals surface area contributed by atoms with Crippen molar-refractivity contribution in [2.45, 2.75) is 12.8 Å². The Morgan fingerprint density at radius 3 is 2.56 bits per heavy atom. The van der Waals surface area contributed by atoms with Crippen molar-refractivity contribution in [1.29, 1.82) is 0 Å². The molecule has 4 aromatic rings. The fourth-order valence-corrected chi connectivity index (χ4v) is 3.96. The zero-order chi connectivity index (χ0) is 23.2. The summed E-state index contributed by atoms with van der Waals surface area (Å²) in [6.07, 6.45) is 3.43. The molecule has 1 fully saturated rings. The number of H-pyrrole nitrogens is 1. The van der Waals surface area contributed by atoms with Gasteiger partial charge in [-0.05, 0) is 55.4 Å². The van der Waals surface area contributed by atoms with Gasteiger partial charge < -0.3 is 14.5 Å². The number of nitrogens with one attached hydrogen (secondary N) is 1. The number of aryl methyl sites for hydroxylation is 1. The Kier molecular flexibility index (Phi) is 6.88. The monoisotopic (exact) mass is 459 g/mol. The van der Waals surface area contributed by atoms with Crippen LogP contribution in [0.1, 0.15) is 12.2 Å². The SMILES string of the molecule is Fc1ccc(-c2nc(CCCN3CCOCC3)[nH]c2-c2ccnc(Oc3ccccc3)n2)cc1. The van der Waals surface area contributed by atoms with Gasteiger partial charge in [0.05, 0.1) is 30.3 Å². The van der Waals surface area contributed by atoms with Gasteiger partial charge in [-0.1, -0.05) is 18.2 Å². The minimum Gasteiger partial charge on any atom is -0.424 e. The Morgan fingerprint density at radius 2 is 1.76 bits per heavy atom. The summed E-state index contributed by atoms with van der Waals surface area (Å²) in [6, 6.07) is 17.8. The number of rotatable bonds is 8. The largest absolute Gasteiger partial charge is 0.424 e. The van der Waals surface area contributed by atoms with Crippen LogP contribution in [0.25, 0.3) is 22.6 Å². The number of aromatic amines is 1. The first kappa shape index (κ1) is 22.2. The van der Waals surface area contributed by atoms with Crippen molar-refractivity contribution >= 4 is 0 Å². The average molecular weight is 460 g/mol. The molecule has 0 bridgehead atoms. The first-order chi connectivity index (χ1) is 16.7. The zero-order valence-electron chi connectivity index (χ0n) is 18.8. The third kappa shape index (κ3) is 5.47. The van der Waals surface area contributed by atoms with Crippen molar-refractivity contribution in [3.8, 4) is 34.4 Å². The summed E-state index contributed by atoms with van der Waals surface area (Å²) in [4.78, 5) is 19.6. The third-order valence-electron chi connectivity index (χ3n) is 5.70. The van der Waals surface area contributed by atoms with Crippen molar-refractivity contribution < 1.29 is 13.9 Å². The van der Waals surface area contributed by atoms with Crippen LogP contribution in [0.4, 0.5) is 4.39 Å². The molecule has 1 N–H and O–H groups in total. The van der Waals surface area contributed by atoms with E-state index in [0.717, 1.165) is 68.5 Å². The van der Waals surface area contributed by atoms with Crippen molar-refractivity contribution in [1.82, 2.24) is 24.8 Å². The Morgan fingerprint density at radius 1 is 0.971 bits per heavy atom. The molecule has 8 heteroatoms. The first-order valence-electron chi connectivity index (χ1n) is 11.5. The molecule has 2 aromatic carbocycles. The summed E-state index contributed by atoms with van der Waals surface area (Å²) < 4.78 is 24.8. The van der Waals surface area contributed by atoms with Gasteiger partial charge in [0.2, 0.25) is 0 Å². The molecule has 0 unspecified atom stereocenters. The molecule has 0 spiro atoms.